The Hall–Kier alpha value is -1.56. The summed E-state index contributed by atoms with van der Waals surface area (Å²) in [6, 6.07) is 8.40. The van der Waals surface area contributed by atoms with Gasteiger partial charge in [-0.2, -0.15) is 0 Å². The average molecular weight is 366 g/mol. The average Bonchev–Trinajstić information content (AvgIpc) is 2.65. The first-order valence-electron chi connectivity index (χ1n) is 9.16. The smallest absolute Gasteiger partial charge is 0.191 e. The lowest BCUT2D eigenvalue weighted by Crippen LogP contribution is -2.47. The van der Waals surface area contributed by atoms with E-state index in [1.165, 1.54) is 5.56 Å². The van der Waals surface area contributed by atoms with E-state index in [9.17, 15) is 4.21 Å². The fraction of sp³-hybridized carbons (Fsp3) is 0.632. The molecule has 0 spiro atoms. The van der Waals surface area contributed by atoms with Crippen LogP contribution in [0, 0.1) is 6.92 Å². The highest BCUT2D eigenvalue weighted by Gasteiger charge is 2.25. The van der Waals surface area contributed by atoms with Gasteiger partial charge in [0, 0.05) is 34.9 Å². The second-order valence-electron chi connectivity index (χ2n) is 6.46. The van der Waals surface area contributed by atoms with Crippen molar-refractivity contribution in [1.82, 2.24) is 10.6 Å². The van der Waals surface area contributed by atoms with E-state index in [4.69, 9.17) is 4.74 Å². The van der Waals surface area contributed by atoms with Crippen LogP contribution in [0.5, 0.6) is 5.75 Å². The number of hydrogen-bond donors (Lipinski definition) is 2. The van der Waals surface area contributed by atoms with Crippen molar-refractivity contribution in [1.29, 1.82) is 0 Å². The molecule has 1 fully saturated rings. The van der Waals surface area contributed by atoms with E-state index >= 15 is 0 Å². The second-order valence-corrected chi connectivity index (χ2v) is 8.47. The molecule has 1 aromatic rings. The SMILES string of the molecule is CCS(=O)C1CCCC(NC(=NC)NCCOc2ccc(C)cc2)C1. The molecule has 0 radical (unpaired) electrons. The van der Waals surface area contributed by atoms with Gasteiger partial charge in [0.15, 0.2) is 5.96 Å². The van der Waals surface area contributed by atoms with E-state index in [1.807, 2.05) is 31.2 Å². The molecule has 1 aliphatic rings. The van der Waals surface area contributed by atoms with Gasteiger partial charge in [0.25, 0.3) is 0 Å². The van der Waals surface area contributed by atoms with Gasteiger partial charge in [0.1, 0.15) is 12.4 Å². The molecule has 3 unspecified atom stereocenters. The Bertz CT molecular complexity index is 575. The first kappa shape index (κ1) is 19.8. The van der Waals surface area contributed by atoms with Gasteiger partial charge >= 0.3 is 0 Å². The number of benzene rings is 1. The third-order valence-corrected chi connectivity index (χ3v) is 6.27. The van der Waals surface area contributed by atoms with Crippen molar-refractivity contribution >= 4 is 16.8 Å². The largest absolute Gasteiger partial charge is 0.492 e. The molecule has 0 heterocycles. The van der Waals surface area contributed by atoms with Crippen LogP contribution in [0.4, 0.5) is 0 Å². The minimum absolute atomic E-state index is 0.319. The molecule has 1 aromatic carbocycles. The van der Waals surface area contributed by atoms with Crippen molar-refractivity contribution in [3.05, 3.63) is 29.8 Å². The van der Waals surface area contributed by atoms with E-state index in [0.717, 1.165) is 43.1 Å². The summed E-state index contributed by atoms with van der Waals surface area (Å²) in [5, 5.41) is 7.08. The van der Waals surface area contributed by atoms with Crippen LogP contribution in [-0.2, 0) is 10.8 Å². The number of rotatable bonds is 7. The Balaban J connectivity index is 1.71. The summed E-state index contributed by atoms with van der Waals surface area (Å²) in [5.74, 6) is 2.42. The van der Waals surface area contributed by atoms with Crippen LogP contribution in [0.15, 0.2) is 29.3 Å². The lowest BCUT2D eigenvalue weighted by atomic mass is 9.95. The number of nitrogens with zero attached hydrogens (tertiary/aromatic N) is 1. The zero-order valence-electron chi connectivity index (χ0n) is 15.6. The zero-order valence-corrected chi connectivity index (χ0v) is 16.4. The molecule has 0 aliphatic heterocycles. The molecule has 1 saturated carbocycles. The number of nitrogens with one attached hydrogen (secondary N) is 2. The van der Waals surface area contributed by atoms with Gasteiger partial charge in [0.05, 0.1) is 6.54 Å². The second kappa shape index (κ2) is 10.4. The highest BCUT2D eigenvalue weighted by Crippen LogP contribution is 2.22. The van der Waals surface area contributed by atoms with E-state index in [1.54, 1.807) is 7.05 Å². The molecule has 0 amide bonds. The Morgan fingerprint density at radius 1 is 1.32 bits per heavy atom. The van der Waals surface area contributed by atoms with Crippen LogP contribution in [0.1, 0.15) is 38.2 Å². The van der Waals surface area contributed by atoms with Crippen molar-refractivity contribution < 1.29 is 8.95 Å². The summed E-state index contributed by atoms with van der Waals surface area (Å²) >= 11 is 0. The van der Waals surface area contributed by atoms with Gasteiger partial charge in [0.2, 0.25) is 0 Å². The predicted molar refractivity (Wildman–Crippen MR) is 106 cm³/mol. The number of aryl methyl sites for hydroxylation is 1. The molecule has 5 nitrogen and oxygen atoms in total. The van der Waals surface area contributed by atoms with E-state index in [0.29, 0.717) is 24.4 Å². The van der Waals surface area contributed by atoms with Crippen LogP contribution in [0.2, 0.25) is 0 Å². The Kier molecular flexibility index (Phi) is 8.25. The highest BCUT2D eigenvalue weighted by molar-refractivity contribution is 7.85. The lowest BCUT2D eigenvalue weighted by Gasteiger charge is -2.30. The summed E-state index contributed by atoms with van der Waals surface area (Å²) in [5.41, 5.74) is 1.23. The molecule has 2 N–H and O–H groups in total. The molecule has 0 saturated heterocycles. The first-order chi connectivity index (χ1) is 12.1. The summed E-state index contributed by atoms with van der Waals surface area (Å²) < 4.78 is 17.8. The summed E-state index contributed by atoms with van der Waals surface area (Å²) in [7, 11) is 1.08. The molecule has 0 aromatic heterocycles. The van der Waals surface area contributed by atoms with Crippen molar-refractivity contribution in [3.8, 4) is 5.75 Å². The number of hydrogen-bond acceptors (Lipinski definition) is 3. The van der Waals surface area contributed by atoms with Crippen LogP contribution in [-0.4, -0.2) is 47.4 Å². The maximum Gasteiger partial charge on any atom is 0.191 e. The van der Waals surface area contributed by atoms with Gasteiger partial charge in [-0.25, -0.2) is 0 Å². The number of aliphatic imine (C=N–C) groups is 1. The molecule has 25 heavy (non-hydrogen) atoms. The zero-order chi connectivity index (χ0) is 18.1. The third-order valence-electron chi connectivity index (χ3n) is 4.53. The van der Waals surface area contributed by atoms with Crippen LogP contribution in [0.3, 0.4) is 0 Å². The summed E-state index contributed by atoms with van der Waals surface area (Å²) in [4.78, 5) is 4.29. The maximum absolute atomic E-state index is 12.1. The van der Waals surface area contributed by atoms with Gasteiger partial charge in [-0.1, -0.05) is 31.0 Å². The highest BCUT2D eigenvalue weighted by atomic mass is 32.2. The Labute approximate surface area is 154 Å². The maximum atomic E-state index is 12.1. The van der Waals surface area contributed by atoms with Gasteiger partial charge < -0.3 is 15.4 Å². The quantitative estimate of drug-likeness (QED) is 0.443. The summed E-state index contributed by atoms with van der Waals surface area (Å²) in [6.45, 7) is 5.33. The molecule has 0 bridgehead atoms. The lowest BCUT2D eigenvalue weighted by molar-refractivity contribution is 0.321. The van der Waals surface area contributed by atoms with E-state index < -0.39 is 10.8 Å². The van der Waals surface area contributed by atoms with Gasteiger partial charge in [-0.15, -0.1) is 0 Å². The molecule has 140 valence electrons. The fourth-order valence-corrected chi connectivity index (χ4v) is 4.46. The van der Waals surface area contributed by atoms with Crippen LogP contribution < -0.4 is 15.4 Å². The molecule has 6 heteroatoms. The number of guanidine groups is 1. The Morgan fingerprint density at radius 2 is 2.08 bits per heavy atom. The van der Waals surface area contributed by atoms with Gasteiger partial charge in [-0.05, 0) is 38.3 Å². The van der Waals surface area contributed by atoms with E-state index in [2.05, 4.69) is 22.5 Å². The Morgan fingerprint density at radius 3 is 2.76 bits per heavy atom. The molecule has 2 rings (SSSR count). The minimum Gasteiger partial charge on any atom is -0.492 e. The van der Waals surface area contributed by atoms with Crippen molar-refractivity contribution in [2.24, 2.45) is 4.99 Å². The van der Waals surface area contributed by atoms with Crippen molar-refractivity contribution in [2.75, 3.05) is 26.0 Å². The predicted octanol–water partition coefficient (Wildman–Crippen LogP) is 2.62. The first-order valence-corrected chi connectivity index (χ1v) is 10.5. The molecular weight excluding hydrogens is 334 g/mol. The van der Waals surface area contributed by atoms with Crippen LogP contribution in [0.25, 0.3) is 0 Å². The summed E-state index contributed by atoms with van der Waals surface area (Å²) in [6.07, 6.45) is 4.27. The van der Waals surface area contributed by atoms with Crippen molar-refractivity contribution in [2.45, 2.75) is 50.8 Å². The number of ether oxygens (including phenoxy) is 1. The van der Waals surface area contributed by atoms with E-state index in [-0.39, 0.29) is 0 Å². The standard InChI is InChI=1S/C19H31N3O2S/c1-4-25(23)18-7-5-6-16(14-18)22-19(20-3)21-12-13-24-17-10-8-15(2)9-11-17/h8-11,16,18H,4-7,12-14H2,1-3H3,(H2,20,21,22). The topological polar surface area (TPSA) is 62.7 Å². The third kappa shape index (κ3) is 6.69. The molecular formula is C19H31N3O2S. The monoisotopic (exact) mass is 365 g/mol. The molecule has 3 atom stereocenters. The minimum atomic E-state index is -0.701. The normalized spacial score (nSPS) is 22.3. The fourth-order valence-electron chi connectivity index (χ4n) is 3.11. The molecule has 1 aliphatic carbocycles. The van der Waals surface area contributed by atoms with Gasteiger partial charge in [-0.3, -0.25) is 9.20 Å². The van der Waals surface area contributed by atoms with Crippen molar-refractivity contribution in [3.63, 3.8) is 0 Å². The van der Waals surface area contributed by atoms with Crippen LogP contribution >= 0.6 is 0 Å².